The van der Waals surface area contributed by atoms with Crippen LogP contribution in [0.2, 0.25) is 0 Å². The zero-order valence-electron chi connectivity index (χ0n) is 11.3. The summed E-state index contributed by atoms with van der Waals surface area (Å²) in [5.74, 6) is 0.871. The van der Waals surface area contributed by atoms with Crippen molar-refractivity contribution >= 4 is 5.69 Å². The van der Waals surface area contributed by atoms with Gasteiger partial charge in [-0.2, -0.15) is 0 Å². The normalized spacial score (nSPS) is 12.3. The number of aliphatic hydroxyl groups is 1. The molecular weight excluding hydrogens is 226 g/mol. The van der Waals surface area contributed by atoms with E-state index in [1.54, 1.807) is 0 Å². The Morgan fingerprint density at radius 2 is 1.83 bits per heavy atom. The maximum atomic E-state index is 9.57. The van der Waals surface area contributed by atoms with Crippen LogP contribution in [-0.4, -0.2) is 17.8 Å². The Morgan fingerprint density at radius 3 is 2.50 bits per heavy atom. The molecule has 0 aliphatic rings. The van der Waals surface area contributed by atoms with Crippen molar-refractivity contribution in [3.8, 4) is 5.75 Å². The van der Waals surface area contributed by atoms with Gasteiger partial charge in [0.1, 0.15) is 5.75 Å². The fraction of sp³-hybridized carbons (Fsp3) is 0.600. The summed E-state index contributed by atoms with van der Waals surface area (Å²) < 4.78 is 5.60. The molecule has 0 radical (unpaired) electrons. The largest absolute Gasteiger partial charge is 0.494 e. The molecule has 0 spiro atoms. The molecule has 0 saturated carbocycles. The monoisotopic (exact) mass is 251 g/mol. The summed E-state index contributed by atoms with van der Waals surface area (Å²) in [4.78, 5) is 0. The number of rotatable bonds is 9. The second-order valence-corrected chi connectivity index (χ2v) is 4.71. The van der Waals surface area contributed by atoms with Gasteiger partial charge in [0, 0.05) is 5.69 Å². The Kier molecular flexibility index (Phi) is 7.26. The summed E-state index contributed by atoms with van der Waals surface area (Å²) in [5.41, 5.74) is 6.35. The molecule has 0 heterocycles. The number of ether oxygens (including phenoxy) is 1. The first-order valence-corrected chi connectivity index (χ1v) is 6.88. The maximum Gasteiger partial charge on any atom is 0.119 e. The van der Waals surface area contributed by atoms with Crippen LogP contribution in [0.4, 0.5) is 5.69 Å². The standard InChI is InChI=1S/C15H25NO2/c1-2-6-14(17)7-4-3-5-12-18-15-10-8-13(16)9-11-15/h8-11,14,17H,2-7,12,16H2,1H3. The lowest BCUT2D eigenvalue weighted by atomic mass is 10.1. The summed E-state index contributed by atoms with van der Waals surface area (Å²) in [6, 6.07) is 7.47. The maximum absolute atomic E-state index is 9.57. The smallest absolute Gasteiger partial charge is 0.119 e. The molecule has 3 nitrogen and oxygen atoms in total. The zero-order chi connectivity index (χ0) is 13.2. The van der Waals surface area contributed by atoms with Crippen LogP contribution in [-0.2, 0) is 0 Å². The van der Waals surface area contributed by atoms with Gasteiger partial charge in [-0.25, -0.2) is 0 Å². The van der Waals surface area contributed by atoms with Crippen LogP contribution in [0.15, 0.2) is 24.3 Å². The number of nitrogen functional groups attached to an aromatic ring is 1. The molecule has 0 amide bonds. The van der Waals surface area contributed by atoms with E-state index in [1.165, 1.54) is 0 Å². The van der Waals surface area contributed by atoms with Crippen molar-refractivity contribution in [2.75, 3.05) is 12.3 Å². The summed E-state index contributed by atoms with van der Waals surface area (Å²) in [5, 5.41) is 9.57. The van der Waals surface area contributed by atoms with E-state index >= 15 is 0 Å². The van der Waals surface area contributed by atoms with Crippen LogP contribution >= 0.6 is 0 Å². The highest BCUT2D eigenvalue weighted by molar-refractivity contribution is 5.41. The lowest BCUT2D eigenvalue weighted by Crippen LogP contribution is -2.05. The van der Waals surface area contributed by atoms with E-state index in [-0.39, 0.29) is 6.10 Å². The number of hydrogen-bond acceptors (Lipinski definition) is 3. The third kappa shape index (κ3) is 6.50. The quantitative estimate of drug-likeness (QED) is 0.522. The van der Waals surface area contributed by atoms with Crippen molar-refractivity contribution in [2.45, 2.75) is 51.6 Å². The SMILES string of the molecule is CCCC(O)CCCCCOc1ccc(N)cc1. The van der Waals surface area contributed by atoms with Gasteiger partial charge in [0.15, 0.2) is 0 Å². The predicted molar refractivity (Wildman–Crippen MR) is 75.7 cm³/mol. The molecule has 102 valence electrons. The minimum atomic E-state index is -0.118. The van der Waals surface area contributed by atoms with E-state index in [2.05, 4.69) is 6.92 Å². The molecule has 3 N–H and O–H groups in total. The second-order valence-electron chi connectivity index (χ2n) is 4.71. The number of benzene rings is 1. The van der Waals surface area contributed by atoms with Gasteiger partial charge in [0.2, 0.25) is 0 Å². The van der Waals surface area contributed by atoms with Gasteiger partial charge in [-0.1, -0.05) is 19.8 Å². The first-order chi connectivity index (χ1) is 8.72. The third-order valence-corrected chi connectivity index (χ3v) is 2.95. The molecule has 3 heteroatoms. The van der Waals surface area contributed by atoms with Crippen molar-refractivity contribution in [3.05, 3.63) is 24.3 Å². The van der Waals surface area contributed by atoms with E-state index < -0.39 is 0 Å². The van der Waals surface area contributed by atoms with Gasteiger partial charge in [-0.05, 0) is 49.9 Å². The summed E-state index contributed by atoms with van der Waals surface area (Å²) in [7, 11) is 0. The van der Waals surface area contributed by atoms with Crippen molar-refractivity contribution < 1.29 is 9.84 Å². The van der Waals surface area contributed by atoms with Crippen molar-refractivity contribution in [3.63, 3.8) is 0 Å². The van der Waals surface area contributed by atoms with Gasteiger partial charge in [-0.3, -0.25) is 0 Å². The molecule has 0 bridgehead atoms. The molecular formula is C15H25NO2. The fourth-order valence-corrected chi connectivity index (χ4v) is 1.89. The molecule has 1 rings (SSSR count). The Balaban J connectivity index is 2.00. The van der Waals surface area contributed by atoms with E-state index in [1.807, 2.05) is 24.3 Å². The summed E-state index contributed by atoms with van der Waals surface area (Å²) in [6.45, 7) is 2.83. The summed E-state index contributed by atoms with van der Waals surface area (Å²) in [6.07, 6.45) is 5.98. The summed E-state index contributed by atoms with van der Waals surface area (Å²) >= 11 is 0. The molecule has 0 saturated heterocycles. The lowest BCUT2D eigenvalue weighted by molar-refractivity contribution is 0.149. The van der Waals surface area contributed by atoms with Crippen molar-refractivity contribution in [1.82, 2.24) is 0 Å². The van der Waals surface area contributed by atoms with Gasteiger partial charge in [0.25, 0.3) is 0 Å². The van der Waals surface area contributed by atoms with Crippen LogP contribution in [0.5, 0.6) is 5.75 Å². The van der Waals surface area contributed by atoms with E-state index in [0.717, 1.165) is 56.6 Å². The first kappa shape index (κ1) is 14.8. The van der Waals surface area contributed by atoms with Crippen LogP contribution in [0.1, 0.15) is 45.4 Å². The van der Waals surface area contributed by atoms with Crippen LogP contribution in [0, 0.1) is 0 Å². The molecule has 1 atom stereocenters. The van der Waals surface area contributed by atoms with Gasteiger partial charge >= 0.3 is 0 Å². The second kappa shape index (κ2) is 8.81. The predicted octanol–water partition coefficient (Wildman–Crippen LogP) is 3.37. The third-order valence-electron chi connectivity index (χ3n) is 2.95. The number of anilines is 1. The van der Waals surface area contributed by atoms with Crippen LogP contribution in [0.25, 0.3) is 0 Å². The highest BCUT2D eigenvalue weighted by atomic mass is 16.5. The first-order valence-electron chi connectivity index (χ1n) is 6.88. The van der Waals surface area contributed by atoms with Crippen molar-refractivity contribution in [1.29, 1.82) is 0 Å². The number of nitrogens with two attached hydrogens (primary N) is 1. The van der Waals surface area contributed by atoms with E-state index in [9.17, 15) is 5.11 Å². The number of unbranched alkanes of at least 4 members (excludes halogenated alkanes) is 2. The molecule has 1 aromatic carbocycles. The highest BCUT2D eigenvalue weighted by Gasteiger charge is 2.01. The fourth-order valence-electron chi connectivity index (χ4n) is 1.89. The molecule has 1 unspecified atom stereocenters. The number of hydrogen-bond donors (Lipinski definition) is 2. The molecule has 18 heavy (non-hydrogen) atoms. The van der Waals surface area contributed by atoms with Crippen LogP contribution < -0.4 is 10.5 Å². The highest BCUT2D eigenvalue weighted by Crippen LogP contribution is 2.14. The van der Waals surface area contributed by atoms with Gasteiger partial charge in [-0.15, -0.1) is 0 Å². The lowest BCUT2D eigenvalue weighted by Gasteiger charge is -2.09. The average molecular weight is 251 g/mol. The molecule has 0 aromatic heterocycles. The minimum absolute atomic E-state index is 0.118. The van der Waals surface area contributed by atoms with Crippen molar-refractivity contribution in [2.24, 2.45) is 0 Å². The van der Waals surface area contributed by atoms with Crippen LogP contribution in [0.3, 0.4) is 0 Å². The Labute approximate surface area is 110 Å². The molecule has 1 aromatic rings. The Hall–Kier alpha value is -1.22. The van der Waals surface area contributed by atoms with E-state index in [0.29, 0.717) is 0 Å². The minimum Gasteiger partial charge on any atom is -0.494 e. The molecule has 0 fully saturated rings. The van der Waals surface area contributed by atoms with Gasteiger partial charge in [0.05, 0.1) is 12.7 Å². The molecule has 0 aliphatic heterocycles. The van der Waals surface area contributed by atoms with Gasteiger partial charge < -0.3 is 15.6 Å². The van der Waals surface area contributed by atoms with E-state index in [4.69, 9.17) is 10.5 Å². The Bertz CT molecular complexity index is 311. The average Bonchev–Trinajstić information content (AvgIpc) is 2.36. The Morgan fingerprint density at radius 1 is 1.11 bits per heavy atom. The zero-order valence-corrected chi connectivity index (χ0v) is 11.3. The number of aliphatic hydroxyl groups excluding tert-OH is 1. The topological polar surface area (TPSA) is 55.5 Å². The molecule has 0 aliphatic carbocycles.